The van der Waals surface area contributed by atoms with Gasteiger partial charge < -0.3 is 11.1 Å². The number of carbonyl (C=O) groups excluding carboxylic acids is 1. The second kappa shape index (κ2) is 12.0. The van der Waals surface area contributed by atoms with E-state index in [4.69, 9.17) is 35.4 Å². The summed E-state index contributed by atoms with van der Waals surface area (Å²) < 4.78 is 14.7. The molecule has 1 aromatic rings. The largest absolute Gasteiger partial charge is 0.352 e. The van der Waals surface area contributed by atoms with Crippen molar-refractivity contribution in [3.8, 4) is 12.3 Å². The van der Waals surface area contributed by atoms with Gasteiger partial charge in [0.2, 0.25) is 5.91 Å². The number of nitrogens with one attached hydrogen (secondary N) is 1. The minimum atomic E-state index is -0.499. The zero-order chi connectivity index (χ0) is 21.2. The number of allylic oxidation sites excluding steroid dienone is 3. The first kappa shape index (κ1) is 23.5. The van der Waals surface area contributed by atoms with E-state index in [0.717, 1.165) is 32.1 Å². The van der Waals surface area contributed by atoms with Crippen LogP contribution in [-0.2, 0) is 4.79 Å². The van der Waals surface area contributed by atoms with Gasteiger partial charge in [-0.15, -0.1) is 6.42 Å². The Hall–Kier alpha value is -1.80. The highest BCUT2D eigenvalue weighted by molar-refractivity contribution is 6.31. The van der Waals surface area contributed by atoms with Crippen LogP contribution in [0.5, 0.6) is 0 Å². The summed E-state index contributed by atoms with van der Waals surface area (Å²) in [7, 11) is 0. The van der Waals surface area contributed by atoms with Crippen molar-refractivity contribution in [2.24, 2.45) is 17.6 Å². The van der Waals surface area contributed by atoms with Crippen LogP contribution in [-0.4, -0.2) is 19.0 Å². The van der Waals surface area contributed by atoms with Gasteiger partial charge in [-0.05, 0) is 48.6 Å². The third-order valence-electron chi connectivity index (χ3n) is 5.44. The maximum absolute atomic E-state index is 14.7. The fourth-order valence-corrected chi connectivity index (χ4v) is 4.38. The van der Waals surface area contributed by atoms with Gasteiger partial charge in [-0.1, -0.05) is 60.5 Å². The molecule has 1 aromatic carbocycles. The summed E-state index contributed by atoms with van der Waals surface area (Å²) in [6.07, 6.45) is 15.0. The highest BCUT2D eigenvalue weighted by Crippen LogP contribution is 2.39. The molecule has 2 unspecified atom stereocenters. The van der Waals surface area contributed by atoms with Crippen molar-refractivity contribution in [1.29, 1.82) is 0 Å². The van der Waals surface area contributed by atoms with Gasteiger partial charge in [0.1, 0.15) is 5.82 Å². The molecule has 1 aliphatic rings. The first-order valence-electron chi connectivity index (χ1n) is 9.89. The lowest BCUT2D eigenvalue weighted by molar-refractivity contribution is -0.127. The van der Waals surface area contributed by atoms with Crippen LogP contribution >= 0.6 is 23.2 Å². The zero-order valence-electron chi connectivity index (χ0n) is 16.3. The molecule has 1 fully saturated rings. The van der Waals surface area contributed by atoms with Crippen molar-refractivity contribution < 1.29 is 9.18 Å². The summed E-state index contributed by atoms with van der Waals surface area (Å²) in [4.78, 5) is 13.2. The molecule has 156 valence electrons. The summed E-state index contributed by atoms with van der Waals surface area (Å²) in [5.74, 6) is 0.986. The molecule has 0 radical (unpaired) electrons. The van der Waals surface area contributed by atoms with E-state index in [1.54, 1.807) is 24.3 Å². The van der Waals surface area contributed by atoms with Crippen LogP contribution in [0, 0.1) is 30.0 Å². The summed E-state index contributed by atoms with van der Waals surface area (Å²) in [6.45, 7) is 0.415. The highest BCUT2D eigenvalue weighted by atomic mass is 35.5. The molecule has 1 saturated carbocycles. The van der Waals surface area contributed by atoms with E-state index < -0.39 is 17.7 Å². The molecule has 0 spiro atoms. The Balaban J connectivity index is 2.25. The van der Waals surface area contributed by atoms with Crippen LogP contribution in [0.4, 0.5) is 4.39 Å². The van der Waals surface area contributed by atoms with E-state index in [0.29, 0.717) is 10.6 Å². The third kappa shape index (κ3) is 6.60. The van der Waals surface area contributed by atoms with Gasteiger partial charge in [-0.3, -0.25) is 4.79 Å². The predicted molar refractivity (Wildman–Crippen MR) is 118 cm³/mol. The summed E-state index contributed by atoms with van der Waals surface area (Å²) in [5.41, 5.74) is 6.45. The molecule has 1 aliphatic carbocycles. The summed E-state index contributed by atoms with van der Waals surface area (Å²) >= 11 is 12.0. The third-order valence-corrected chi connectivity index (χ3v) is 6.01. The SMILES string of the molecule is C#C/C=C\C(Cl)=C/CNC(=O)C(C1CCCCC1)C(CN)c1cccc(Cl)c1F. The Bertz CT molecular complexity index is 795. The molecule has 0 bridgehead atoms. The quantitative estimate of drug-likeness (QED) is 0.437. The molecule has 2 rings (SSSR count). The normalized spacial score (nSPS) is 17.7. The lowest BCUT2D eigenvalue weighted by Crippen LogP contribution is -2.42. The van der Waals surface area contributed by atoms with E-state index in [2.05, 4.69) is 11.2 Å². The zero-order valence-corrected chi connectivity index (χ0v) is 17.9. The number of rotatable bonds is 8. The fraction of sp³-hybridized carbons (Fsp3) is 0.435. The average Bonchev–Trinajstić information content (AvgIpc) is 2.73. The van der Waals surface area contributed by atoms with Crippen molar-refractivity contribution in [3.05, 3.63) is 57.9 Å². The number of carbonyl (C=O) groups is 1. The van der Waals surface area contributed by atoms with E-state index in [1.807, 2.05) is 0 Å². The van der Waals surface area contributed by atoms with Gasteiger partial charge in [0.15, 0.2) is 0 Å². The van der Waals surface area contributed by atoms with Crippen molar-refractivity contribution >= 4 is 29.1 Å². The predicted octanol–water partition coefficient (Wildman–Crippen LogP) is 5.15. The Morgan fingerprint density at radius 3 is 2.76 bits per heavy atom. The monoisotopic (exact) mass is 436 g/mol. The van der Waals surface area contributed by atoms with Gasteiger partial charge in [-0.2, -0.15) is 0 Å². The smallest absolute Gasteiger partial charge is 0.224 e. The van der Waals surface area contributed by atoms with Crippen LogP contribution in [0.1, 0.15) is 43.6 Å². The van der Waals surface area contributed by atoms with Crippen LogP contribution in [0.15, 0.2) is 41.5 Å². The minimum Gasteiger partial charge on any atom is -0.352 e. The maximum Gasteiger partial charge on any atom is 0.224 e. The lowest BCUT2D eigenvalue weighted by atomic mass is 9.71. The lowest BCUT2D eigenvalue weighted by Gasteiger charge is -2.35. The number of hydrogen-bond donors (Lipinski definition) is 2. The molecular weight excluding hydrogens is 410 g/mol. The topological polar surface area (TPSA) is 55.1 Å². The molecule has 29 heavy (non-hydrogen) atoms. The minimum absolute atomic E-state index is 0.0405. The maximum atomic E-state index is 14.7. The molecule has 6 heteroatoms. The first-order chi connectivity index (χ1) is 14.0. The van der Waals surface area contributed by atoms with E-state index in [1.165, 1.54) is 12.1 Å². The van der Waals surface area contributed by atoms with Crippen molar-refractivity contribution in [3.63, 3.8) is 0 Å². The summed E-state index contributed by atoms with van der Waals surface area (Å²) in [6, 6.07) is 4.86. The molecule has 1 amide bonds. The van der Waals surface area contributed by atoms with Gasteiger partial charge in [0.05, 0.1) is 5.02 Å². The Kier molecular flexibility index (Phi) is 9.73. The van der Waals surface area contributed by atoms with Crippen LogP contribution < -0.4 is 11.1 Å². The Morgan fingerprint density at radius 1 is 1.38 bits per heavy atom. The number of benzene rings is 1. The highest BCUT2D eigenvalue weighted by Gasteiger charge is 2.37. The van der Waals surface area contributed by atoms with Crippen LogP contribution in [0.3, 0.4) is 0 Å². The molecule has 0 aromatic heterocycles. The van der Waals surface area contributed by atoms with E-state index >= 15 is 0 Å². The van der Waals surface area contributed by atoms with Gasteiger partial charge in [0, 0.05) is 30.0 Å². The van der Waals surface area contributed by atoms with Crippen molar-refractivity contribution in [2.75, 3.05) is 13.1 Å². The average molecular weight is 437 g/mol. The summed E-state index contributed by atoms with van der Waals surface area (Å²) in [5, 5.41) is 3.39. The van der Waals surface area contributed by atoms with Crippen molar-refractivity contribution in [2.45, 2.75) is 38.0 Å². The van der Waals surface area contributed by atoms with Crippen molar-refractivity contribution in [1.82, 2.24) is 5.32 Å². The van der Waals surface area contributed by atoms with Crippen LogP contribution in [0.25, 0.3) is 0 Å². The number of amides is 1. The molecule has 0 heterocycles. The van der Waals surface area contributed by atoms with E-state index in [9.17, 15) is 9.18 Å². The molecule has 0 saturated heterocycles. The number of halogens is 3. The van der Waals surface area contributed by atoms with Crippen LogP contribution in [0.2, 0.25) is 5.02 Å². The second-order valence-corrected chi connectivity index (χ2v) is 8.09. The number of hydrogen-bond acceptors (Lipinski definition) is 2. The van der Waals surface area contributed by atoms with Gasteiger partial charge in [0.25, 0.3) is 0 Å². The van der Waals surface area contributed by atoms with Gasteiger partial charge >= 0.3 is 0 Å². The molecule has 3 N–H and O–H groups in total. The van der Waals surface area contributed by atoms with Gasteiger partial charge in [-0.25, -0.2) is 4.39 Å². The van der Waals surface area contributed by atoms with E-state index in [-0.39, 0.29) is 29.9 Å². The molecular formula is C23H27Cl2FN2O. The Morgan fingerprint density at radius 2 is 2.10 bits per heavy atom. The second-order valence-electron chi connectivity index (χ2n) is 7.24. The Labute approximate surface area is 182 Å². The standard InChI is InChI=1S/C23H27Cl2FN2O/c1-2-3-10-17(24)13-14-28-23(29)21(16-8-5-4-6-9-16)19(15-27)18-11-7-12-20(25)22(18)26/h1,3,7,10-13,16,19,21H,4-6,8-9,14-15,27H2,(H,28,29)/b10-3-,17-13+. The molecule has 3 nitrogen and oxygen atoms in total. The fourth-order valence-electron chi connectivity index (χ4n) is 4.06. The number of terminal acetylenes is 1. The molecule has 0 aliphatic heterocycles. The first-order valence-corrected chi connectivity index (χ1v) is 10.6. The number of nitrogens with two attached hydrogens (primary N) is 1. The molecule has 2 atom stereocenters.